The average molecular weight is 827 g/mol. The molecule has 3 aliphatic carbocycles. The first-order valence-electron chi connectivity index (χ1n) is 21.9. The fourth-order valence-electron chi connectivity index (χ4n) is 8.98. The number of piperidine rings is 1. The summed E-state index contributed by atoms with van der Waals surface area (Å²) < 4.78 is 21.5. The molecule has 59 heavy (non-hydrogen) atoms. The van der Waals surface area contributed by atoms with Crippen molar-refractivity contribution < 1.29 is 42.8 Å². The molecule has 0 aromatic heterocycles. The second kappa shape index (κ2) is 22.7. The molecule has 0 spiro atoms. The number of hydrogen-bond acceptors (Lipinski definition) is 8. The molecule has 328 valence electrons. The van der Waals surface area contributed by atoms with Gasteiger partial charge in [-0.1, -0.05) is 107 Å². The maximum Gasteiger partial charge on any atom is 0.439 e. The second-order valence-corrected chi connectivity index (χ2v) is 16.7. The van der Waals surface area contributed by atoms with Gasteiger partial charge in [-0.05, 0) is 74.7 Å². The van der Waals surface area contributed by atoms with Crippen LogP contribution in [0, 0.1) is 23.7 Å². The van der Waals surface area contributed by atoms with E-state index in [2.05, 4.69) is 16.0 Å². The van der Waals surface area contributed by atoms with Crippen LogP contribution in [0.15, 0.2) is 30.3 Å². The van der Waals surface area contributed by atoms with Crippen LogP contribution in [0.1, 0.15) is 129 Å². The summed E-state index contributed by atoms with van der Waals surface area (Å²) in [6, 6.07) is 3.91. The Morgan fingerprint density at radius 1 is 0.864 bits per heavy atom. The lowest BCUT2D eigenvalue weighted by Gasteiger charge is -2.45. The summed E-state index contributed by atoms with van der Waals surface area (Å²) in [7, 11) is 3.12. The van der Waals surface area contributed by atoms with Gasteiger partial charge in [0, 0.05) is 20.6 Å². The molecule has 1 aromatic carbocycles. The van der Waals surface area contributed by atoms with Crippen molar-refractivity contribution in [3.63, 3.8) is 0 Å². The Morgan fingerprint density at radius 2 is 1.53 bits per heavy atom. The maximum absolute atomic E-state index is 16.2. The molecule has 3 N–H and O–H groups in total. The Balaban J connectivity index is 0.00000378. The highest BCUT2D eigenvalue weighted by atomic mass is 19.2. The van der Waals surface area contributed by atoms with Crippen molar-refractivity contribution in [2.45, 2.75) is 148 Å². The van der Waals surface area contributed by atoms with Crippen LogP contribution in [0.25, 0.3) is 0 Å². The minimum absolute atomic E-state index is 0.0674. The lowest BCUT2D eigenvalue weighted by atomic mass is 9.78. The standard InChI is InChI=1S/C42H61FN6O8.C2H6/c1-5-26(2)57-42(56)49(43)35(30-18-10-7-11-19-30)41(55)48-23-22-28-20-13-21-31(28)36(48)38(52)45-32(24-27-14-12-15-27)37(51)39(53)44-25-33(50)46-34(40(54)47(3)4)29-16-8-6-9-17-29;1-2/h6,8-9,16-17,26-28,30-32,34-36H,5,7,10-15,18-25H2,1-4H3,(H,44,53)(H,45,52)(H,46,50);1-2H3/t26?,28-,31-,32?,34?,35?,36?;/m0./s1. The minimum atomic E-state index is -1.46. The number of nitrogens with zero attached hydrogens (tertiary/aromatic N) is 3. The molecule has 1 aliphatic heterocycles. The molecule has 15 heteroatoms. The summed E-state index contributed by atoms with van der Waals surface area (Å²) in [4.78, 5) is 98.1. The first-order valence-corrected chi connectivity index (χ1v) is 21.9. The molecule has 4 aliphatic rings. The highest BCUT2D eigenvalue weighted by Gasteiger charge is 2.51. The van der Waals surface area contributed by atoms with Gasteiger partial charge in [0.25, 0.3) is 5.91 Å². The van der Waals surface area contributed by atoms with Crippen molar-refractivity contribution in [3.8, 4) is 0 Å². The predicted octanol–water partition coefficient (Wildman–Crippen LogP) is 5.41. The first-order chi connectivity index (χ1) is 28.3. The van der Waals surface area contributed by atoms with Crippen LogP contribution in [0.3, 0.4) is 0 Å². The van der Waals surface area contributed by atoms with Gasteiger partial charge in [0.05, 0.1) is 12.6 Å². The van der Waals surface area contributed by atoms with Crippen molar-refractivity contribution in [1.29, 1.82) is 0 Å². The van der Waals surface area contributed by atoms with Gasteiger partial charge in [-0.25, -0.2) is 4.79 Å². The molecule has 0 bridgehead atoms. The number of Topliss-reactive ketones (excluding diaryl/α,β-unsaturated/α-hetero) is 1. The van der Waals surface area contributed by atoms with Crippen LogP contribution in [0.5, 0.6) is 0 Å². The van der Waals surface area contributed by atoms with Crippen molar-refractivity contribution in [1.82, 2.24) is 30.9 Å². The number of halogens is 1. The van der Waals surface area contributed by atoms with Gasteiger partial charge in [0.2, 0.25) is 29.4 Å². The Hall–Kier alpha value is -4.56. The molecule has 1 aromatic rings. The van der Waals surface area contributed by atoms with Gasteiger partial charge in [-0.3, -0.25) is 28.8 Å². The largest absolute Gasteiger partial charge is 0.445 e. The number of fused-ring (bicyclic) bond motifs is 1. The number of likely N-dealkylation sites (N-methyl/N-ethyl adjacent to an activating group) is 1. The molecular formula is C44H67FN6O8. The normalized spacial score (nSPS) is 22.4. The molecule has 3 saturated carbocycles. The van der Waals surface area contributed by atoms with Gasteiger partial charge in [0.1, 0.15) is 24.2 Å². The number of rotatable bonds is 16. The number of hydrogen-bond donors (Lipinski definition) is 3. The monoisotopic (exact) mass is 827 g/mol. The SMILES string of the molecule is CC.CCC(C)OC(=O)N(F)C(C(=O)N1CC[C@@H]2CCC[C@@H]2C1C(=O)NC(CC1CCC1)C(=O)C(=O)NCC(=O)NC(C(=O)N(C)C)c1ccccc1)C1CCCCC1. The third kappa shape index (κ3) is 12.3. The Kier molecular flexibility index (Phi) is 18.1. The number of amides is 6. The second-order valence-electron chi connectivity index (χ2n) is 16.7. The van der Waals surface area contributed by atoms with Gasteiger partial charge in [-0.2, -0.15) is 0 Å². The van der Waals surface area contributed by atoms with Crippen LogP contribution in [0.2, 0.25) is 0 Å². The summed E-state index contributed by atoms with van der Waals surface area (Å²) in [5.41, 5.74) is 0.547. The van der Waals surface area contributed by atoms with Crippen LogP contribution in [0.4, 0.5) is 9.28 Å². The summed E-state index contributed by atoms with van der Waals surface area (Å²) in [5.74, 6) is -4.75. The van der Waals surface area contributed by atoms with E-state index >= 15 is 4.48 Å². The molecule has 1 saturated heterocycles. The van der Waals surface area contributed by atoms with Gasteiger partial charge in [0.15, 0.2) is 0 Å². The van der Waals surface area contributed by atoms with Crippen molar-refractivity contribution in [2.75, 3.05) is 27.2 Å². The smallest absolute Gasteiger partial charge is 0.439 e. The number of ether oxygens (including phenoxy) is 1. The van der Waals surface area contributed by atoms with E-state index in [1.807, 2.05) is 13.8 Å². The number of ketones is 1. The van der Waals surface area contributed by atoms with Crippen molar-refractivity contribution >= 4 is 41.4 Å². The van der Waals surface area contributed by atoms with Crippen LogP contribution in [-0.2, 0) is 33.5 Å². The molecule has 4 fully saturated rings. The first kappa shape index (κ1) is 47.1. The van der Waals surface area contributed by atoms with E-state index in [0.29, 0.717) is 37.7 Å². The fourth-order valence-corrected chi connectivity index (χ4v) is 8.98. The summed E-state index contributed by atoms with van der Waals surface area (Å²) in [6.07, 6.45) is 8.12. The lowest BCUT2D eigenvalue weighted by molar-refractivity contribution is -0.158. The number of likely N-dealkylation sites (tertiary alicyclic amines) is 1. The predicted molar refractivity (Wildman–Crippen MR) is 220 cm³/mol. The summed E-state index contributed by atoms with van der Waals surface area (Å²) in [6.45, 7) is 7.06. The Morgan fingerprint density at radius 3 is 2.14 bits per heavy atom. The summed E-state index contributed by atoms with van der Waals surface area (Å²) >= 11 is 0. The van der Waals surface area contributed by atoms with Gasteiger partial charge in [-0.15, -0.1) is 5.12 Å². The molecule has 5 rings (SSSR count). The zero-order valence-electron chi connectivity index (χ0n) is 35.9. The van der Waals surface area contributed by atoms with E-state index in [-0.39, 0.29) is 41.7 Å². The van der Waals surface area contributed by atoms with E-state index in [0.717, 1.165) is 51.4 Å². The minimum Gasteiger partial charge on any atom is -0.445 e. The third-order valence-electron chi connectivity index (χ3n) is 12.6. The number of nitrogens with one attached hydrogen (secondary N) is 3. The molecule has 5 unspecified atom stereocenters. The van der Waals surface area contributed by atoms with Gasteiger partial charge >= 0.3 is 6.09 Å². The van der Waals surface area contributed by atoms with E-state index < -0.39 is 78.2 Å². The van der Waals surface area contributed by atoms with Crippen LogP contribution < -0.4 is 16.0 Å². The van der Waals surface area contributed by atoms with E-state index in [1.165, 1.54) is 9.80 Å². The Labute approximate surface area is 349 Å². The number of carbonyl (C=O) groups is 7. The molecule has 14 nitrogen and oxygen atoms in total. The molecule has 7 atom stereocenters. The zero-order chi connectivity index (χ0) is 43.2. The topological polar surface area (TPSA) is 175 Å². The van der Waals surface area contributed by atoms with E-state index in [4.69, 9.17) is 4.74 Å². The highest BCUT2D eigenvalue weighted by Crippen LogP contribution is 2.43. The van der Waals surface area contributed by atoms with E-state index in [9.17, 15) is 33.6 Å². The third-order valence-corrected chi connectivity index (χ3v) is 12.6. The fraction of sp³-hybridized carbons (Fsp3) is 0.705. The molecule has 1 heterocycles. The molecule has 6 amide bonds. The summed E-state index contributed by atoms with van der Waals surface area (Å²) in [5, 5.41) is 7.79. The highest BCUT2D eigenvalue weighted by molar-refractivity contribution is 6.38. The molecule has 0 radical (unpaired) electrons. The Bertz CT molecular complexity index is 1600. The van der Waals surface area contributed by atoms with Crippen LogP contribution >= 0.6 is 0 Å². The maximum atomic E-state index is 16.2. The van der Waals surface area contributed by atoms with Crippen LogP contribution in [-0.4, -0.2) is 108 Å². The van der Waals surface area contributed by atoms with E-state index in [1.54, 1.807) is 58.3 Å². The van der Waals surface area contributed by atoms with Crippen molar-refractivity contribution in [3.05, 3.63) is 35.9 Å². The number of carbonyl (C=O) groups excluding carboxylic acids is 7. The van der Waals surface area contributed by atoms with Crippen molar-refractivity contribution in [2.24, 2.45) is 23.7 Å². The average Bonchev–Trinajstić information content (AvgIpc) is 3.72. The quantitative estimate of drug-likeness (QED) is 0.147. The number of benzene rings is 1. The van der Waals surface area contributed by atoms with Gasteiger partial charge < -0.3 is 30.5 Å². The zero-order valence-corrected chi connectivity index (χ0v) is 35.9. The lowest BCUT2D eigenvalue weighted by Crippen LogP contribution is -2.63. The molecular weight excluding hydrogens is 760 g/mol.